The van der Waals surface area contributed by atoms with Gasteiger partial charge >= 0.3 is 5.97 Å². The molecule has 1 heterocycles. The highest BCUT2D eigenvalue weighted by molar-refractivity contribution is 7.99. The Morgan fingerprint density at radius 2 is 2.41 bits per heavy atom. The number of nitrogens with two attached hydrogens (primary N) is 1. The zero-order valence-electron chi connectivity index (χ0n) is 10.1. The summed E-state index contributed by atoms with van der Waals surface area (Å²) in [7, 11) is 1.35. The number of ether oxygens (including phenoxy) is 1. The van der Waals surface area contributed by atoms with Crippen molar-refractivity contribution in [1.29, 1.82) is 0 Å². The average Bonchev–Trinajstić information content (AvgIpc) is 2.80. The lowest BCUT2D eigenvalue weighted by atomic mass is 9.97. The molecular formula is C11H18N2O3S. The Morgan fingerprint density at radius 3 is 3.00 bits per heavy atom. The number of nitrogens with zero attached hydrogens (tertiary/aromatic N) is 1. The number of methoxy groups -OCH3 is 1. The Balaban J connectivity index is 2.13. The predicted octanol–water partition coefficient (Wildman–Crippen LogP) is 1.83. The van der Waals surface area contributed by atoms with E-state index in [0.29, 0.717) is 11.6 Å². The van der Waals surface area contributed by atoms with Crippen molar-refractivity contribution in [2.45, 2.75) is 36.9 Å². The molecule has 0 fully saturated rings. The number of aromatic nitrogens is 1. The van der Waals surface area contributed by atoms with Crippen molar-refractivity contribution in [2.75, 3.05) is 12.9 Å². The Hall–Kier alpha value is -1.01. The van der Waals surface area contributed by atoms with Crippen LogP contribution in [0.25, 0.3) is 0 Å². The van der Waals surface area contributed by atoms with Gasteiger partial charge in [-0.25, -0.2) is 4.98 Å². The summed E-state index contributed by atoms with van der Waals surface area (Å²) >= 11 is 1.56. The normalized spacial score (nSPS) is 14.3. The fourth-order valence-electron chi connectivity index (χ4n) is 1.37. The summed E-state index contributed by atoms with van der Waals surface area (Å²) in [5.41, 5.74) is 4.95. The molecule has 17 heavy (non-hydrogen) atoms. The number of unbranched alkanes of at least 4 members (excludes halogenated alkanes) is 1. The fraction of sp³-hybridized carbons (Fsp3) is 0.636. The maximum absolute atomic E-state index is 11.3. The van der Waals surface area contributed by atoms with Gasteiger partial charge in [0, 0.05) is 5.75 Å². The molecule has 0 bridgehead atoms. The fourth-order valence-corrected chi connectivity index (χ4v) is 2.15. The zero-order chi connectivity index (χ0) is 12.7. The lowest BCUT2D eigenvalue weighted by Crippen LogP contribution is -2.45. The first-order valence-electron chi connectivity index (χ1n) is 5.46. The van der Waals surface area contributed by atoms with Gasteiger partial charge in [0.25, 0.3) is 5.22 Å². The molecule has 0 aliphatic heterocycles. The highest BCUT2D eigenvalue weighted by Gasteiger charge is 2.28. The van der Waals surface area contributed by atoms with Crippen molar-refractivity contribution < 1.29 is 13.9 Å². The SMILES string of the molecule is COC(=O)C(C)(N)CCCCSc1ncco1. The second kappa shape index (κ2) is 6.66. The molecule has 5 nitrogen and oxygen atoms in total. The minimum Gasteiger partial charge on any atom is -0.468 e. The molecule has 0 amide bonds. The van der Waals surface area contributed by atoms with Gasteiger partial charge in [-0.05, 0) is 19.8 Å². The number of carbonyl (C=O) groups excluding carboxylic acids is 1. The molecule has 1 aromatic heterocycles. The molecule has 0 aliphatic rings. The molecular weight excluding hydrogens is 240 g/mol. The van der Waals surface area contributed by atoms with Crippen molar-refractivity contribution in [3.63, 3.8) is 0 Å². The van der Waals surface area contributed by atoms with Crippen molar-refractivity contribution in [2.24, 2.45) is 5.73 Å². The van der Waals surface area contributed by atoms with E-state index >= 15 is 0 Å². The van der Waals surface area contributed by atoms with Gasteiger partial charge in [0.05, 0.1) is 13.3 Å². The van der Waals surface area contributed by atoms with Crippen molar-refractivity contribution >= 4 is 17.7 Å². The molecule has 0 aromatic carbocycles. The van der Waals surface area contributed by atoms with Crippen LogP contribution in [-0.4, -0.2) is 29.4 Å². The summed E-state index contributed by atoms with van der Waals surface area (Å²) in [6, 6.07) is 0. The second-order valence-electron chi connectivity index (χ2n) is 4.01. The van der Waals surface area contributed by atoms with E-state index in [1.807, 2.05) is 0 Å². The standard InChI is InChI=1S/C11H18N2O3S/c1-11(12,9(14)15-2)5-3-4-8-17-10-13-6-7-16-10/h6-7H,3-5,8,12H2,1-2H3. The van der Waals surface area contributed by atoms with E-state index in [4.69, 9.17) is 10.2 Å². The van der Waals surface area contributed by atoms with Crippen molar-refractivity contribution in [1.82, 2.24) is 4.98 Å². The zero-order valence-corrected chi connectivity index (χ0v) is 11.0. The number of hydrogen-bond acceptors (Lipinski definition) is 6. The molecule has 1 aromatic rings. The number of oxazole rings is 1. The van der Waals surface area contributed by atoms with Gasteiger partial charge in [-0.15, -0.1) is 0 Å². The number of thioether (sulfide) groups is 1. The summed E-state index contributed by atoms with van der Waals surface area (Å²) in [5, 5.41) is 0.675. The molecule has 1 rings (SSSR count). The van der Waals surface area contributed by atoms with Crippen LogP contribution in [0.5, 0.6) is 0 Å². The van der Waals surface area contributed by atoms with Crippen LogP contribution in [0.4, 0.5) is 0 Å². The van der Waals surface area contributed by atoms with E-state index in [2.05, 4.69) is 9.72 Å². The van der Waals surface area contributed by atoms with Gasteiger partial charge in [-0.1, -0.05) is 18.2 Å². The minimum atomic E-state index is -0.887. The molecule has 0 spiro atoms. The molecule has 96 valence electrons. The van der Waals surface area contributed by atoms with Gasteiger partial charge in [-0.2, -0.15) is 0 Å². The Bertz CT molecular complexity index is 338. The summed E-state index contributed by atoms with van der Waals surface area (Å²) in [5.74, 6) is 0.537. The predicted molar refractivity (Wildman–Crippen MR) is 65.7 cm³/mol. The van der Waals surface area contributed by atoms with Gasteiger partial charge < -0.3 is 14.9 Å². The van der Waals surface area contributed by atoms with Crippen LogP contribution in [0, 0.1) is 0 Å². The molecule has 6 heteroatoms. The van der Waals surface area contributed by atoms with E-state index in [0.717, 1.165) is 18.6 Å². The van der Waals surface area contributed by atoms with Crippen molar-refractivity contribution in [3.8, 4) is 0 Å². The number of rotatable bonds is 7. The smallest absolute Gasteiger partial charge is 0.325 e. The molecule has 2 N–H and O–H groups in total. The third-order valence-corrected chi connectivity index (χ3v) is 3.32. The van der Waals surface area contributed by atoms with Gasteiger partial charge in [0.15, 0.2) is 0 Å². The molecule has 0 saturated carbocycles. The number of esters is 1. The third-order valence-electron chi connectivity index (χ3n) is 2.38. The second-order valence-corrected chi connectivity index (χ2v) is 5.06. The summed E-state index contributed by atoms with van der Waals surface area (Å²) in [4.78, 5) is 15.3. The van der Waals surface area contributed by atoms with Crippen LogP contribution < -0.4 is 5.73 Å². The number of carbonyl (C=O) groups is 1. The Morgan fingerprint density at radius 1 is 1.65 bits per heavy atom. The number of hydrogen-bond donors (Lipinski definition) is 1. The van der Waals surface area contributed by atoms with Crippen molar-refractivity contribution in [3.05, 3.63) is 12.5 Å². The van der Waals surface area contributed by atoms with E-state index in [-0.39, 0.29) is 5.97 Å². The lowest BCUT2D eigenvalue weighted by Gasteiger charge is -2.20. The summed E-state index contributed by atoms with van der Waals surface area (Å²) in [6.07, 6.45) is 5.62. The molecule has 1 atom stereocenters. The first kappa shape index (κ1) is 14.1. The largest absolute Gasteiger partial charge is 0.468 e. The highest BCUT2D eigenvalue weighted by atomic mass is 32.2. The maximum atomic E-state index is 11.3. The topological polar surface area (TPSA) is 78.4 Å². The lowest BCUT2D eigenvalue weighted by molar-refractivity contribution is -0.146. The Kier molecular flexibility index (Phi) is 5.50. The maximum Gasteiger partial charge on any atom is 0.325 e. The highest BCUT2D eigenvalue weighted by Crippen LogP contribution is 2.19. The summed E-state index contributed by atoms with van der Waals surface area (Å²) in [6.45, 7) is 1.69. The summed E-state index contributed by atoms with van der Waals surface area (Å²) < 4.78 is 9.73. The first-order chi connectivity index (χ1) is 8.06. The van der Waals surface area contributed by atoms with Gasteiger partial charge in [0.2, 0.25) is 0 Å². The third kappa shape index (κ3) is 4.79. The van der Waals surface area contributed by atoms with Crippen LogP contribution in [0.2, 0.25) is 0 Å². The molecule has 1 unspecified atom stereocenters. The van der Waals surface area contributed by atoms with Gasteiger partial charge in [-0.3, -0.25) is 4.79 Å². The first-order valence-corrected chi connectivity index (χ1v) is 6.44. The van der Waals surface area contributed by atoms with Crippen LogP contribution in [-0.2, 0) is 9.53 Å². The minimum absolute atomic E-state index is 0.363. The van der Waals surface area contributed by atoms with E-state index in [9.17, 15) is 4.79 Å². The van der Waals surface area contributed by atoms with E-state index in [1.165, 1.54) is 7.11 Å². The van der Waals surface area contributed by atoms with E-state index < -0.39 is 5.54 Å². The quantitative estimate of drug-likeness (QED) is 0.456. The molecule has 0 radical (unpaired) electrons. The Labute approximate surface area is 105 Å². The van der Waals surface area contributed by atoms with Crippen LogP contribution >= 0.6 is 11.8 Å². The van der Waals surface area contributed by atoms with Gasteiger partial charge in [0.1, 0.15) is 11.8 Å². The van der Waals surface area contributed by atoms with Crippen LogP contribution in [0.1, 0.15) is 26.2 Å². The van der Waals surface area contributed by atoms with Crippen LogP contribution in [0.15, 0.2) is 22.1 Å². The molecule has 0 aliphatic carbocycles. The monoisotopic (exact) mass is 258 g/mol. The van der Waals surface area contributed by atoms with Crippen LogP contribution in [0.3, 0.4) is 0 Å². The average molecular weight is 258 g/mol. The molecule has 0 saturated heterocycles. The van der Waals surface area contributed by atoms with E-state index in [1.54, 1.807) is 31.1 Å².